The Labute approximate surface area is 437 Å². The van der Waals surface area contributed by atoms with Gasteiger partial charge in [0.25, 0.3) is 5.69 Å². The number of carboxylic acids is 1. The van der Waals surface area contributed by atoms with Crippen LogP contribution in [0.2, 0.25) is 5.02 Å². The van der Waals surface area contributed by atoms with Gasteiger partial charge in [-0.2, -0.15) is 0 Å². The number of aromatic nitrogens is 1. The molecule has 0 bridgehead atoms. The highest BCUT2D eigenvalue weighted by atomic mass is 35.5. The highest BCUT2D eigenvalue weighted by Crippen LogP contribution is 2.56. The zero-order valence-electron chi connectivity index (χ0n) is 41.1. The molecule has 1 unspecified atom stereocenters. The standard InChI is InChI=1S/C54H60ClN7O8P2S/c1-37(2)61-38(3)51(54(63)64)52(53(61)39-12-14-41(55)15-13-39)40-8-7-9-45(34-40)59-30-28-58(29-31-59)43-16-18-44(19-17-43)60-32-33-69-72(60,68)47-20-21-49(50(35-47)62(65)66)56-42(36-73-48-10-5-4-6-11-48)22-25-57-26-23-46(24-27-57)70-71-67/h4-21,34-35,37,42,46,56H,22-33,36H2,1-3H3,(H,63,64)/t42-,72?/m1/s1. The molecule has 3 saturated heterocycles. The van der Waals surface area contributed by atoms with E-state index in [2.05, 4.69) is 62.7 Å². The van der Waals surface area contributed by atoms with Crippen LogP contribution in [0.3, 0.4) is 0 Å². The van der Waals surface area contributed by atoms with Crippen LogP contribution < -0.4 is 25.1 Å². The van der Waals surface area contributed by atoms with Gasteiger partial charge in [-0.1, -0.05) is 54.1 Å². The third-order valence-corrected chi connectivity index (χ3v) is 18.4. The molecule has 1 aromatic heterocycles. The first kappa shape index (κ1) is 52.2. The molecule has 0 aliphatic carbocycles. The number of carboxylic acid groups (broad SMARTS) is 1. The van der Waals surface area contributed by atoms with Gasteiger partial charge in [0.05, 0.1) is 40.7 Å². The highest BCUT2D eigenvalue weighted by molar-refractivity contribution is 7.99. The maximum atomic E-state index is 14.9. The molecule has 2 N–H and O–H groups in total. The molecule has 0 spiro atoms. The molecule has 2 atom stereocenters. The van der Waals surface area contributed by atoms with Gasteiger partial charge in [0.15, 0.2) is 0 Å². The molecule has 15 nitrogen and oxygen atoms in total. The second kappa shape index (κ2) is 23.2. The zero-order chi connectivity index (χ0) is 51.2. The monoisotopic (exact) mass is 1060 g/mol. The second-order valence-corrected chi connectivity index (χ2v) is 23.1. The van der Waals surface area contributed by atoms with Crippen LogP contribution in [-0.4, -0.2) is 102 Å². The number of carbonyl (C=O) groups is 1. The van der Waals surface area contributed by atoms with Gasteiger partial charge in [-0.05, 0) is 124 Å². The number of nitro benzene ring substituents is 1. The zero-order valence-corrected chi connectivity index (χ0v) is 44.5. The summed E-state index contributed by atoms with van der Waals surface area (Å²) in [7, 11) is -4.02. The SMILES string of the molecule is Cc1c(C(=O)O)c(-c2cccc(N3CCN(c4ccc(N5CCOP5(=O)c5ccc(N[C@H](CCN6CCC(OP=O)CC6)CSc6ccccc6)c([N+](=O)[O-])c5)cc4)CC3)c2)c(-c2ccc(Cl)cc2)n1C(C)C. The van der Waals surface area contributed by atoms with Gasteiger partial charge < -0.3 is 34.2 Å². The van der Waals surface area contributed by atoms with E-state index >= 15 is 0 Å². The third kappa shape index (κ3) is 11.7. The molecular weight excluding hydrogens is 1000 g/mol. The van der Waals surface area contributed by atoms with Crippen LogP contribution in [0.5, 0.6) is 0 Å². The fourth-order valence-corrected chi connectivity index (χ4v) is 14.1. The van der Waals surface area contributed by atoms with Gasteiger partial charge >= 0.3 is 22.2 Å². The molecule has 0 amide bonds. The van der Waals surface area contributed by atoms with Crippen LogP contribution in [0.15, 0.2) is 126 Å². The summed E-state index contributed by atoms with van der Waals surface area (Å²) in [6.07, 6.45) is 2.30. The molecule has 73 heavy (non-hydrogen) atoms. The lowest BCUT2D eigenvalue weighted by atomic mass is 9.96. The largest absolute Gasteiger partial charge is 0.478 e. The van der Waals surface area contributed by atoms with Gasteiger partial charge in [0.1, 0.15) is 5.69 Å². The summed E-state index contributed by atoms with van der Waals surface area (Å²) in [5, 5.41) is 27.7. The number of piperazine rings is 1. The first-order chi connectivity index (χ1) is 35.3. The molecule has 3 fully saturated rings. The van der Waals surface area contributed by atoms with Crippen molar-refractivity contribution in [1.82, 2.24) is 9.47 Å². The Bertz CT molecular complexity index is 2970. The Hall–Kier alpha value is -5.70. The molecule has 3 aliphatic heterocycles. The number of hydrogen-bond acceptors (Lipinski definition) is 12. The molecule has 4 heterocycles. The normalized spacial score (nSPS) is 18.2. The van der Waals surface area contributed by atoms with Gasteiger partial charge in [-0.15, -0.1) is 11.8 Å². The molecule has 6 aromatic rings. The van der Waals surface area contributed by atoms with Gasteiger partial charge in [0.2, 0.25) is 0 Å². The van der Waals surface area contributed by atoms with E-state index in [9.17, 15) is 29.1 Å². The lowest BCUT2D eigenvalue weighted by molar-refractivity contribution is -0.383. The van der Waals surface area contributed by atoms with E-state index in [4.69, 9.17) is 20.6 Å². The van der Waals surface area contributed by atoms with E-state index in [0.717, 1.165) is 98.2 Å². The molecule has 5 aromatic carbocycles. The van der Waals surface area contributed by atoms with E-state index in [0.29, 0.717) is 40.0 Å². The number of rotatable bonds is 19. The van der Waals surface area contributed by atoms with Crippen molar-refractivity contribution in [3.63, 3.8) is 0 Å². The molecule has 3 aliphatic rings. The number of anilines is 4. The number of halogens is 1. The van der Waals surface area contributed by atoms with Gasteiger partial charge in [-0.25, -0.2) is 9.36 Å². The van der Waals surface area contributed by atoms with Crippen molar-refractivity contribution in [2.24, 2.45) is 0 Å². The van der Waals surface area contributed by atoms with Crippen LogP contribution in [0.25, 0.3) is 22.4 Å². The van der Waals surface area contributed by atoms with Crippen LogP contribution in [0, 0.1) is 17.0 Å². The predicted molar refractivity (Wildman–Crippen MR) is 294 cm³/mol. The number of benzene rings is 5. The van der Waals surface area contributed by atoms with Gasteiger partial charge in [-0.3, -0.25) is 23.9 Å². The number of thioether (sulfide) groups is 1. The molecule has 19 heteroatoms. The van der Waals surface area contributed by atoms with E-state index in [1.54, 1.807) is 28.6 Å². The van der Waals surface area contributed by atoms with Crippen molar-refractivity contribution in [2.45, 2.75) is 63.1 Å². The van der Waals surface area contributed by atoms with E-state index in [-0.39, 0.29) is 50.0 Å². The van der Waals surface area contributed by atoms with Crippen molar-refractivity contribution in [1.29, 1.82) is 0 Å². The Morgan fingerprint density at radius 2 is 1.56 bits per heavy atom. The molecular formula is C54H60ClN7O8P2S. The van der Waals surface area contributed by atoms with Crippen LogP contribution in [0.4, 0.5) is 28.4 Å². The Morgan fingerprint density at radius 1 is 0.877 bits per heavy atom. The fraction of sp³-hybridized carbons (Fsp3) is 0.352. The van der Waals surface area contributed by atoms with E-state index in [1.807, 2.05) is 85.8 Å². The molecule has 9 rings (SSSR count). The highest BCUT2D eigenvalue weighted by Gasteiger charge is 2.41. The Balaban J connectivity index is 0.879. The number of aromatic carboxylic acids is 1. The van der Waals surface area contributed by atoms with Crippen molar-refractivity contribution < 1.29 is 33.0 Å². The van der Waals surface area contributed by atoms with Crippen molar-refractivity contribution in [3.8, 4) is 22.4 Å². The van der Waals surface area contributed by atoms with Crippen molar-refractivity contribution in [2.75, 3.05) is 84.5 Å². The van der Waals surface area contributed by atoms with E-state index < -0.39 is 18.4 Å². The summed E-state index contributed by atoms with van der Waals surface area (Å²) in [4.78, 5) is 33.3. The lowest BCUT2D eigenvalue weighted by Gasteiger charge is -2.37. The van der Waals surface area contributed by atoms with Crippen molar-refractivity contribution in [3.05, 3.63) is 148 Å². The molecule has 382 valence electrons. The first-order valence-corrected chi connectivity index (χ1v) is 28.4. The smallest absolute Gasteiger partial charge is 0.338 e. The number of nitro groups is 1. The minimum atomic E-state index is -3.72. The maximum Gasteiger partial charge on any atom is 0.338 e. The summed E-state index contributed by atoms with van der Waals surface area (Å²) in [5.41, 5.74) is 7.15. The Morgan fingerprint density at radius 3 is 2.22 bits per heavy atom. The molecule has 0 radical (unpaired) electrons. The topological polar surface area (TPSA) is 163 Å². The minimum Gasteiger partial charge on any atom is -0.478 e. The lowest BCUT2D eigenvalue weighted by Crippen LogP contribution is -2.46. The third-order valence-electron chi connectivity index (χ3n) is 14.1. The summed E-state index contributed by atoms with van der Waals surface area (Å²) in [5.74, 6) is -0.299. The average Bonchev–Trinajstić information content (AvgIpc) is 3.96. The quantitative estimate of drug-likeness (QED) is 0.0341. The van der Waals surface area contributed by atoms with Crippen LogP contribution in [0.1, 0.15) is 55.2 Å². The second-order valence-electron chi connectivity index (χ2n) is 18.9. The van der Waals surface area contributed by atoms with Crippen molar-refractivity contribution >= 4 is 79.3 Å². The van der Waals surface area contributed by atoms with Crippen LogP contribution in [-0.2, 0) is 18.2 Å². The molecule has 0 saturated carbocycles. The summed E-state index contributed by atoms with van der Waals surface area (Å²) < 4.78 is 41.0. The minimum absolute atomic E-state index is 0.0132. The summed E-state index contributed by atoms with van der Waals surface area (Å²) in [6.45, 7) is 11.9. The summed E-state index contributed by atoms with van der Waals surface area (Å²) >= 11 is 7.97. The Kier molecular flexibility index (Phi) is 16.6. The van der Waals surface area contributed by atoms with E-state index in [1.165, 1.54) is 6.07 Å². The number of nitrogens with one attached hydrogen (secondary N) is 1. The van der Waals surface area contributed by atoms with Gasteiger partial charge in [0, 0.05) is 108 Å². The number of nitrogens with zero attached hydrogens (tertiary/aromatic N) is 6. The first-order valence-electron chi connectivity index (χ1n) is 24.7. The number of piperidine rings is 1. The average molecular weight is 1060 g/mol. The number of likely N-dealkylation sites (tertiary alicyclic amines) is 1. The maximum absolute atomic E-state index is 14.9. The van der Waals surface area contributed by atoms with Crippen LogP contribution >= 0.6 is 39.6 Å². The summed E-state index contributed by atoms with van der Waals surface area (Å²) in [6, 6.07) is 38.3. The number of hydrogen-bond donors (Lipinski definition) is 2. The fourth-order valence-electron chi connectivity index (χ4n) is 10.4. The predicted octanol–water partition coefficient (Wildman–Crippen LogP) is 12.3.